The Balaban J connectivity index is 1.88. The summed E-state index contributed by atoms with van der Waals surface area (Å²) in [4.78, 5) is 10.7. The van der Waals surface area contributed by atoms with Gasteiger partial charge in [-0.15, -0.1) is 0 Å². The fraction of sp³-hybridized carbons (Fsp3) is 0.533. The molecule has 0 atom stereocenters. The monoisotopic (exact) mass is 267 g/mol. The second-order valence-electron chi connectivity index (χ2n) is 5.40. The quantitative estimate of drug-likeness (QED) is 0.891. The number of carbonyl (C=O) groups is 1. The lowest BCUT2D eigenvalue weighted by atomic mass is 9.77. The summed E-state index contributed by atoms with van der Waals surface area (Å²) < 4.78 is 26.6. The molecule has 4 heteroatoms. The Hall–Kier alpha value is -1.45. The van der Waals surface area contributed by atoms with Gasteiger partial charge in [0.1, 0.15) is 0 Å². The van der Waals surface area contributed by atoms with E-state index in [2.05, 4.69) is 12.1 Å². The number of carbonyl (C=O) groups excluding carboxylic acids is 1. The fourth-order valence-electron chi connectivity index (χ4n) is 2.89. The Morgan fingerprint density at radius 3 is 2.26 bits per heavy atom. The minimum Gasteiger partial charge on any atom is -0.364 e. The van der Waals surface area contributed by atoms with Crippen molar-refractivity contribution in [3.8, 4) is 0 Å². The Kier molecular flexibility index (Phi) is 4.17. The highest BCUT2D eigenvalue weighted by Gasteiger charge is 2.39. The summed E-state index contributed by atoms with van der Waals surface area (Å²) >= 11 is 0. The zero-order chi connectivity index (χ0) is 13.9. The van der Waals surface area contributed by atoms with E-state index < -0.39 is 18.3 Å². The van der Waals surface area contributed by atoms with Gasteiger partial charge in [-0.25, -0.2) is 0 Å². The number of hydrogen-bond acceptors (Lipinski definition) is 1. The second kappa shape index (κ2) is 5.68. The molecule has 1 aromatic rings. The maximum absolute atomic E-state index is 13.3. The van der Waals surface area contributed by atoms with Crippen LogP contribution in [0.2, 0.25) is 0 Å². The number of benzene rings is 1. The molecular formula is C15H19F2NO. The van der Waals surface area contributed by atoms with E-state index in [0.717, 1.165) is 25.7 Å². The van der Waals surface area contributed by atoms with E-state index in [9.17, 15) is 13.6 Å². The van der Waals surface area contributed by atoms with Gasteiger partial charge in [-0.05, 0) is 43.1 Å². The highest BCUT2D eigenvalue weighted by molar-refractivity contribution is 5.81. The molecule has 19 heavy (non-hydrogen) atoms. The SMILES string of the molecule is NC(=O)C(F)(F)CC1CCC(c2ccccc2)CC1. The number of halogens is 2. The lowest BCUT2D eigenvalue weighted by Crippen LogP contribution is -2.37. The molecule has 1 aliphatic rings. The first kappa shape index (κ1) is 14.0. The number of primary amides is 1. The topological polar surface area (TPSA) is 43.1 Å². The Morgan fingerprint density at radius 2 is 1.74 bits per heavy atom. The minimum absolute atomic E-state index is 0.0949. The molecule has 0 unspecified atom stereocenters. The number of rotatable bonds is 4. The van der Waals surface area contributed by atoms with Gasteiger partial charge >= 0.3 is 5.92 Å². The number of hydrogen-bond donors (Lipinski definition) is 1. The predicted octanol–water partition coefficient (Wildman–Crippen LogP) is 3.47. The van der Waals surface area contributed by atoms with Gasteiger partial charge in [0, 0.05) is 6.42 Å². The first-order valence-electron chi connectivity index (χ1n) is 6.71. The second-order valence-corrected chi connectivity index (χ2v) is 5.40. The molecule has 1 amide bonds. The van der Waals surface area contributed by atoms with Gasteiger partial charge in [-0.2, -0.15) is 8.78 Å². The predicted molar refractivity (Wildman–Crippen MR) is 69.9 cm³/mol. The third-order valence-electron chi connectivity index (χ3n) is 4.02. The summed E-state index contributed by atoms with van der Waals surface area (Å²) in [6.07, 6.45) is 2.89. The van der Waals surface area contributed by atoms with Crippen LogP contribution < -0.4 is 5.73 Å². The number of nitrogens with two attached hydrogens (primary N) is 1. The zero-order valence-corrected chi connectivity index (χ0v) is 10.8. The molecule has 0 saturated heterocycles. The van der Waals surface area contributed by atoms with Gasteiger partial charge in [0.25, 0.3) is 5.91 Å². The smallest absolute Gasteiger partial charge is 0.324 e. The molecule has 0 bridgehead atoms. The minimum atomic E-state index is -3.36. The lowest BCUT2D eigenvalue weighted by molar-refractivity contribution is -0.144. The molecule has 0 heterocycles. The van der Waals surface area contributed by atoms with Crippen LogP contribution in [0, 0.1) is 5.92 Å². The molecule has 0 radical (unpaired) electrons. The molecule has 1 aromatic carbocycles. The van der Waals surface area contributed by atoms with Crippen LogP contribution in [0.25, 0.3) is 0 Å². The van der Waals surface area contributed by atoms with E-state index in [1.165, 1.54) is 5.56 Å². The third-order valence-corrected chi connectivity index (χ3v) is 4.02. The van der Waals surface area contributed by atoms with Crippen LogP contribution in [0.4, 0.5) is 8.78 Å². The highest BCUT2D eigenvalue weighted by Crippen LogP contribution is 2.39. The third kappa shape index (κ3) is 3.52. The molecule has 1 fully saturated rings. The van der Waals surface area contributed by atoms with E-state index in [-0.39, 0.29) is 5.92 Å². The summed E-state index contributed by atoms with van der Waals surface area (Å²) in [5.41, 5.74) is 6.00. The van der Waals surface area contributed by atoms with Gasteiger partial charge < -0.3 is 5.73 Å². The lowest BCUT2D eigenvalue weighted by Gasteiger charge is -2.30. The molecule has 1 saturated carbocycles. The Labute approximate surface area is 112 Å². The van der Waals surface area contributed by atoms with Crippen molar-refractivity contribution in [1.29, 1.82) is 0 Å². The van der Waals surface area contributed by atoms with Crippen molar-refractivity contribution < 1.29 is 13.6 Å². The van der Waals surface area contributed by atoms with Crippen molar-refractivity contribution in [3.05, 3.63) is 35.9 Å². The number of amides is 1. The molecular weight excluding hydrogens is 248 g/mol. The average Bonchev–Trinajstić information content (AvgIpc) is 2.40. The Morgan fingerprint density at radius 1 is 1.16 bits per heavy atom. The molecule has 0 aliphatic heterocycles. The molecule has 2 nitrogen and oxygen atoms in total. The fourth-order valence-corrected chi connectivity index (χ4v) is 2.89. The van der Waals surface area contributed by atoms with Crippen molar-refractivity contribution in [2.45, 2.75) is 43.9 Å². The molecule has 104 valence electrons. The maximum atomic E-state index is 13.3. The van der Waals surface area contributed by atoms with E-state index in [1.807, 2.05) is 18.2 Å². The van der Waals surface area contributed by atoms with Crippen LogP contribution >= 0.6 is 0 Å². The van der Waals surface area contributed by atoms with Crippen molar-refractivity contribution in [1.82, 2.24) is 0 Å². The van der Waals surface area contributed by atoms with Gasteiger partial charge in [0.2, 0.25) is 0 Å². The first-order chi connectivity index (χ1) is 8.99. The van der Waals surface area contributed by atoms with E-state index in [0.29, 0.717) is 5.92 Å². The van der Waals surface area contributed by atoms with Gasteiger partial charge in [0.05, 0.1) is 0 Å². The Bertz CT molecular complexity index is 425. The van der Waals surface area contributed by atoms with E-state index in [4.69, 9.17) is 5.73 Å². The molecule has 2 N–H and O–H groups in total. The maximum Gasteiger partial charge on any atom is 0.324 e. The summed E-state index contributed by atoms with van der Waals surface area (Å²) in [5, 5.41) is 0. The average molecular weight is 267 g/mol. The van der Waals surface area contributed by atoms with Crippen molar-refractivity contribution in [2.24, 2.45) is 11.7 Å². The molecule has 1 aliphatic carbocycles. The van der Waals surface area contributed by atoms with Crippen molar-refractivity contribution in [2.75, 3.05) is 0 Å². The molecule has 2 rings (SSSR count). The van der Waals surface area contributed by atoms with Crippen LogP contribution in [-0.4, -0.2) is 11.8 Å². The standard InChI is InChI=1S/C15H19F2NO/c16-15(17,14(18)19)10-11-6-8-13(9-7-11)12-4-2-1-3-5-12/h1-5,11,13H,6-10H2,(H2,18,19). The van der Waals surface area contributed by atoms with Crippen LogP contribution in [0.1, 0.15) is 43.6 Å². The first-order valence-corrected chi connectivity index (χ1v) is 6.71. The summed E-state index contributed by atoms with van der Waals surface area (Å²) in [6, 6.07) is 10.2. The van der Waals surface area contributed by atoms with Gasteiger partial charge in [-0.1, -0.05) is 30.3 Å². The van der Waals surface area contributed by atoms with Gasteiger partial charge in [0.15, 0.2) is 0 Å². The largest absolute Gasteiger partial charge is 0.364 e. The van der Waals surface area contributed by atoms with Crippen LogP contribution in [0.15, 0.2) is 30.3 Å². The van der Waals surface area contributed by atoms with Gasteiger partial charge in [-0.3, -0.25) is 4.79 Å². The van der Waals surface area contributed by atoms with Crippen molar-refractivity contribution in [3.63, 3.8) is 0 Å². The molecule has 0 spiro atoms. The van der Waals surface area contributed by atoms with Crippen LogP contribution in [0.3, 0.4) is 0 Å². The summed E-state index contributed by atoms with van der Waals surface area (Å²) in [7, 11) is 0. The highest BCUT2D eigenvalue weighted by atomic mass is 19.3. The summed E-state index contributed by atoms with van der Waals surface area (Å²) in [5.74, 6) is -4.50. The number of alkyl halides is 2. The van der Waals surface area contributed by atoms with Crippen molar-refractivity contribution >= 4 is 5.91 Å². The zero-order valence-electron chi connectivity index (χ0n) is 10.8. The summed E-state index contributed by atoms with van der Waals surface area (Å²) in [6.45, 7) is 0. The van der Waals surface area contributed by atoms with Crippen LogP contribution in [-0.2, 0) is 4.79 Å². The normalized spacial score (nSPS) is 24.1. The molecule has 0 aromatic heterocycles. The van der Waals surface area contributed by atoms with E-state index in [1.54, 1.807) is 0 Å². The van der Waals surface area contributed by atoms with E-state index >= 15 is 0 Å². The van der Waals surface area contributed by atoms with Crippen LogP contribution in [0.5, 0.6) is 0 Å².